The van der Waals surface area contributed by atoms with Gasteiger partial charge in [-0.3, -0.25) is 0 Å². The third kappa shape index (κ3) is 5.46. The Bertz CT molecular complexity index is 495. The van der Waals surface area contributed by atoms with Crippen LogP contribution in [0.3, 0.4) is 0 Å². The minimum atomic E-state index is -2.97. The third-order valence-corrected chi connectivity index (χ3v) is 4.22. The van der Waals surface area contributed by atoms with Gasteiger partial charge in [0.05, 0.1) is 10.7 Å². The summed E-state index contributed by atoms with van der Waals surface area (Å²) in [4.78, 5) is 0.442. The van der Waals surface area contributed by atoms with Crippen molar-refractivity contribution in [2.24, 2.45) is 5.73 Å². The molecule has 0 unspecified atom stereocenters. The zero-order valence-corrected chi connectivity index (χ0v) is 11.9. The maximum absolute atomic E-state index is 11.3. The lowest BCUT2D eigenvalue weighted by atomic mass is 10.1. The zero-order valence-electron chi connectivity index (χ0n) is 10.3. The first-order chi connectivity index (χ1) is 8.43. The van der Waals surface area contributed by atoms with Crippen LogP contribution in [0.25, 0.3) is 0 Å². The topological polar surface area (TPSA) is 69.4 Å². The molecule has 0 atom stereocenters. The number of nitrogens with two attached hydrogens (primary N) is 1. The Labute approximate surface area is 113 Å². The molecule has 2 N–H and O–H groups in total. The molecular weight excluding hydrogens is 270 g/mol. The largest absolute Gasteiger partial charge is 0.493 e. The first-order valence-electron chi connectivity index (χ1n) is 5.63. The van der Waals surface area contributed by atoms with Gasteiger partial charge in [-0.1, -0.05) is 31.3 Å². The fourth-order valence-corrected chi connectivity index (χ4v) is 2.13. The van der Waals surface area contributed by atoms with E-state index in [9.17, 15) is 8.42 Å². The number of sulfone groups is 1. The van der Waals surface area contributed by atoms with E-state index in [0.717, 1.165) is 5.56 Å². The number of benzene rings is 1. The van der Waals surface area contributed by atoms with E-state index in [4.69, 9.17) is 22.7 Å². The molecule has 0 amide bonds. The summed E-state index contributed by atoms with van der Waals surface area (Å²) in [7, 11) is -2.97. The van der Waals surface area contributed by atoms with Gasteiger partial charge in [0.15, 0.2) is 9.84 Å². The monoisotopic (exact) mass is 287 g/mol. The predicted octanol–water partition coefficient (Wildman–Crippen LogP) is 1.33. The highest BCUT2D eigenvalue weighted by atomic mass is 32.2. The highest BCUT2D eigenvalue weighted by molar-refractivity contribution is 7.91. The molecule has 6 heteroatoms. The van der Waals surface area contributed by atoms with Crippen LogP contribution in [0, 0.1) is 0 Å². The minimum Gasteiger partial charge on any atom is -0.493 e. The Balaban J connectivity index is 2.47. The molecule has 18 heavy (non-hydrogen) atoms. The fraction of sp³-hybridized carbons (Fsp3) is 0.417. The second kappa shape index (κ2) is 6.70. The van der Waals surface area contributed by atoms with Crippen molar-refractivity contribution in [2.45, 2.75) is 13.3 Å². The molecule has 1 rings (SSSR count). The van der Waals surface area contributed by atoms with E-state index in [2.05, 4.69) is 0 Å². The van der Waals surface area contributed by atoms with Crippen LogP contribution in [0.2, 0.25) is 0 Å². The Morgan fingerprint density at radius 2 is 1.94 bits per heavy atom. The Morgan fingerprint density at radius 1 is 1.33 bits per heavy atom. The second-order valence-corrected chi connectivity index (χ2v) is 6.87. The molecule has 0 saturated carbocycles. The van der Waals surface area contributed by atoms with Crippen molar-refractivity contribution in [2.75, 3.05) is 18.1 Å². The van der Waals surface area contributed by atoms with E-state index in [0.29, 0.717) is 17.2 Å². The molecule has 100 valence electrons. The van der Waals surface area contributed by atoms with Crippen LogP contribution in [0.4, 0.5) is 0 Å². The number of ether oxygens (including phenoxy) is 1. The SMILES string of the molecule is CCS(=O)(=O)CCOc1ccc(CC(N)=S)cc1. The molecule has 0 radical (unpaired) electrons. The van der Waals surface area contributed by atoms with Gasteiger partial charge < -0.3 is 10.5 Å². The van der Waals surface area contributed by atoms with Gasteiger partial charge in [0, 0.05) is 12.2 Å². The normalized spacial score (nSPS) is 11.2. The van der Waals surface area contributed by atoms with E-state index in [1.54, 1.807) is 19.1 Å². The van der Waals surface area contributed by atoms with Gasteiger partial charge in [-0.15, -0.1) is 0 Å². The Hall–Kier alpha value is -1.14. The molecule has 0 aliphatic carbocycles. The molecule has 4 nitrogen and oxygen atoms in total. The first kappa shape index (κ1) is 14.9. The van der Waals surface area contributed by atoms with E-state index in [1.807, 2.05) is 12.1 Å². The summed E-state index contributed by atoms with van der Waals surface area (Å²) in [5, 5.41) is 0. The second-order valence-electron chi connectivity index (χ2n) is 3.87. The lowest BCUT2D eigenvalue weighted by molar-refractivity contribution is 0.341. The summed E-state index contributed by atoms with van der Waals surface area (Å²) in [5.74, 6) is 0.828. The number of hydrogen-bond donors (Lipinski definition) is 1. The molecule has 0 saturated heterocycles. The highest BCUT2D eigenvalue weighted by Crippen LogP contribution is 2.12. The molecule has 1 aromatic rings. The number of hydrogen-bond acceptors (Lipinski definition) is 4. The fourth-order valence-electron chi connectivity index (χ4n) is 1.34. The summed E-state index contributed by atoms with van der Waals surface area (Å²) >= 11 is 4.81. The molecule has 0 fully saturated rings. The molecule has 0 spiro atoms. The van der Waals surface area contributed by atoms with Crippen LogP contribution in [0.15, 0.2) is 24.3 Å². The van der Waals surface area contributed by atoms with E-state index in [-0.39, 0.29) is 18.1 Å². The van der Waals surface area contributed by atoms with Crippen molar-refractivity contribution in [3.05, 3.63) is 29.8 Å². The highest BCUT2D eigenvalue weighted by Gasteiger charge is 2.07. The van der Waals surface area contributed by atoms with Crippen LogP contribution >= 0.6 is 12.2 Å². The predicted molar refractivity (Wildman–Crippen MR) is 76.8 cm³/mol. The molecule has 0 heterocycles. The zero-order chi connectivity index (χ0) is 13.6. The van der Waals surface area contributed by atoms with Crippen molar-refractivity contribution in [3.8, 4) is 5.75 Å². The Kier molecular flexibility index (Phi) is 5.55. The number of rotatable bonds is 7. The average Bonchev–Trinajstić information content (AvgIpc) is 2.30. The van der Waals surface area contributed by atoms with Gasteiger partial charge in [-0.2, -0.15) is 0 Å². The molecular formula is C12H17NO3S2. The molecule has 0 aliphatic rings. The number of thiocarbonyl (C=S) groups is 1. The van der Waals surface area contributed by atoms with Crippen LogP contribution in [0.5, 0.6) is 5.75 Å². The lowest BCUT2D eigenvalue weighted by Crippen LogP contribution is -2.15. The maximum Gasteiger partial charge on any atom is 0.153 e. The molecule has 0 bridgehead atoms. The van der Waals surface area contributed by atoms with Crippen molar-refractivity contribution in [1.29, 1.82) is 0 Å². The van der Waals surface area contributed by atoms with Gasteiger partial charge in [-0.05, 0) is 17.7 Å². The van der Waals surface area contributed by atoms with Gasteiger partial charge >= 0.3 is 0 Å². The Morgan fingerprint density at radius 3 is 2.44 bits per heavy atom. The van der Waals surface area contributed by atoms with Crippen molar-refractivity contribution in [3.63, 3.8) is 0 Å². The third-order valence-electron chi connectivity index (χ3n) is 2.40. The smallest absolute Gasteiger partial charge is 0.153 e. The van der Waals surface area contributed by atoms with Crippen molar-refractivity contribution >= 4 is 27.0 Å². The summed E-state index contributed by atoms with van der Waals surface area (Å²) in [6.45, 7) is 1.80. The van der Waals surface area contributed by atoms with Gasteiger partial charge in [0.2, 0.25) is 0 Å². The van der Waals surface area contributed by atoms with E-state index >= 15 is 0 Å². The molecule has 0 aliphatic heterocycles. The lowest BCUT2D eigenvalue weighted by Gasteiger charge is -2.07. The van der Waals surface area contributed by atoms with Gasteiger partial charge in [-0.25, -0.2) is 8.42 Å². The molecule has 0 aromatic heterocycles. The van der Waals surface area contributed by atoms with Gasteiger partial charge in [0.25, 0.3) is 0 Å². The van der Waals surface area contributed by atoms with Crippen molar-refractivity contribution < 1.29 is 13.2 Å². The van der Waals surface area contributed by atoms with Gasteiger partial charge in [0.1, 0.15) is 12.4 Å². The quantitative estimate of drug-likeness (QED) is 0.766. The summed E-state index contributed by atoms with van der Waals surface area (Å²) in [5.41, 5.74) is 6.45. The summed E-state index contributed by atoms with van der Waals surface area (Å²) in [6, 6.07) is 7.30. The maximum atomic E-state index is 11.3. The van der Waals surface area contributed by atoms with Crippen LogP contribution < -0.4 is 10.5 Å². The first-order valence-corrected chi connectivity index (χ1v) is 7.86. The standard InChI is InChI=1S/C12H17NO3S2/c1-2-18(14,15)8-7-16-11-5-3-10(4-6-11)9-12(13)17/h3-6H,2,7-9H2,1H3,(H2,13,17). The average molecular weight is 287 g/mol. The van der Waals surface area contributed by atoms with Crippen LogP contribution in [0.1, 0.15) is 12.5 Å². The summed E-state index contributed by atoms with van der Waals surface area (Å²) in [6.07, 6.45) is 0.555. The van der Waals surface area contributed by atoms with Crippen LogP contribution in [-0.2, 0) is 16.3 Å². The summed E-state index contributed by atoms with van der Waals surface area (Å²) < 4.78 is 27.9. The molecule has 1 aromatic carbocycles. The minimum absolute atomic E-state index is 0.0398. The van der Waals surface area contributed by atoms with E-state index in [1.165, 1.54) is 0 Å². The van der Waals surface area contributed by atoms with Crippen molar-refractivity contribution in [1.82, 2.24) is 0 Å². The van der Waals surface area contributed by atoms with E-state index < -0.39 is 9.84 Å². The van der Waals surface area contributed by atoms with Crippen LogP contribution in [-0.4, -0.2) is 31.5 Å².